The Morgan fingerprint density at radius 3 is 2.31 bits per heavy atom. The van der Waals surface area contributed by atoms with Gasteiger partial charge < -0.3 is 10.2 Å². The van der Waals surface area contributed by atoms with Crippen molar-refractivity contribution < 1.29 is 18.0 Å². The molecule has 7 nitrogen and oxygen atoms in total. The highest BCUT2D eigenvalue weighted by Crippen LogP contribution is 2.25. The third-order valence-corrected chi connectivity index (χ3v) is 8.04. The topological polar surface area (TPSA) is 86.8 Å². The van der Waals surface area contributed by atoms with E-state index in [2.05, 4.69) is 5.32 Å². The zero-order chi connectivity index (χ0) is 26.5. The molecule has 2 amide bonds. The van der Waals surface area contributed by atoms with Crippen molar-refractivity contribution in [1.82, 2.24) is 10.2 Å². The normalized spacial score (nSPS) is 14.9. The molecule has 1 aliphatic rings. The molecule has 1 fully saturated rings. The second-order valence-electron chi connectivity index (χ2n) is 9.62. The van der Waals surface area contributed by atoms with E-state index in [1.165, 1.54) is 4.90 Å². The molecule has 0 aliphatic heterocycles. The van der Waals surface area contributed by atoms with E-state index in [1.54, 1.807) is 18.2 Å². The van der Waals surface area contributed by atoms with E-state index in [0.29, 0.717) is 17.1 Å². The molecule has 0 bridgehead atoms. The number of benzene rings is 2. The van der Waals surface area contributed by atoms with Crippen LogP contribution < -0.4 is 9.62 Å². The van der Waals surface area contributed by atoms with Crippen molar-refractivity contribution in [2.75, 3.05) is 17.1 Å². The maximum Gasteiger partial charge on any atom is 0.244 e. The summed E-state index contributed by atoms with van der Waals surface area (Å²) in [4.78, 5) is 28.6. The average Bonchev–Trinajstić information content (AvgIpc) is 3.32. The fourth-order valence-electron chi connectivity index (χ4n) is 4.66. The van der Waals surface area contributed by atoms with Crippen LogP contribution in [0, 0.1) is 13.8 Å². The van der Waals surface area contributed by atoms with Crippen LogP contribution in [-0.4, -0.2) is 50.0 Å². The predicted molar refractivity (Wildman–Crippen MR) is 145 cm³/mol. The number of hydrogen-bond donors (Lipinski definition) is 1. The first-order valence-corrected chi connectivity index (χ1v) is 14.6. The number of carbonyl (C=O) groups is 2. The lowest BCUT2D eigenvalue weighted by Gasteiger charge is -2.33. The van der Waals surface area contributed by atoms with Gasteiger partial charge in [0, 0.05) is 17.6 Å². The van der Waals surface area contributed by atoms with Crippen LogP contribution in [0.25, 0.3) is 0 Å². The summed E-state index contributed by atoms with van der Waals surface area (Å²) in [5.41, 5.74) is 2.89. The zero-order valence-corrected chi connectivity index (χ0v) is 23.0. The van der Waals surface area contributed by atoms with Gasteiger partial charge in [0.2, 0.25) is 21.8 Å². The minimum Gasteiger partial charge on any atom is -0.352 e. The highest BCUT2D eigenvalue weighted by atomic mass is 35.5. The molecule has 2 aromatic rings. The molecule has 196 valence electrons. The van der Waals surface area contributed by atoms with Crippen LogP contribution in [0.1, 0.15) is 55.7 Å². The first-order valence-electron chi connectivity index (χ1n) is 12.4. The predicted octanol–water partition coefficient (Wildman–Crippen LogP) is 4.59. The van der Waals surface area contributed by atoms with Crippen molar-refractivity contribution in [2.24, 2.45) is 0 Å². The summed E-state index contributed by atoms with van der Waals surface area (Å²) in [6.07, 6.45) is 5.52. The van der Waals surface area contributed by atoms with Crippen molar-refractivity contribution in [2.45, 2.75) is 71.5 Å². The van der Waals surface area contributed by atoms with Gasteiger partial charge in [0.25, 0.3) is 0 Å². The first kappa shape index (κ1) is 28.0. The van der Waals surface area contributed by atoms with Crippen LogP contribution in [0.4, 0.5) is 5.69 Å². The Balaban J connectivity index is 1.94. The lowest BCUT2D eigenvalue weighted by molar-refractivity contribution is -0.140. The van der Waals surface area contributed by atoms with Gasteiger partial charge in [-0.3, -0.25) is 13.9 Å². The summed E-state index contributed by atoms with van der Waals surface area (Å²) >= 11 is 6.04. The Labute approximate surface area is 219 Å². The van der Waals surface area contributed by atoms with Crippen LogP contribution in [-0.2, 0) is 26.2 Å². The second-order valence-corrected chi connectivity index (χ2v) is 12.0. The maximum atomic E-state index is 13.8. The SMILES string of the molecule is CCC(C(=O)NC1CCCC1)N(Cc1ccc(Cl)cc1)C(=O)CN(c1cc(C)ccc1C)S(C)(=O)=O. The standard InChI is InChI=1S/C27H36ClN3O4S/c1-5-24(27(33)29-23-8-6-7-9-23)30(17-21-12-14-22(28)15-13-21)26(32)18-31(36(4,34)35)25-16-19(2)10-11-20(25)3/h10-16,23-24H,5-9,17-18H2,1-4H3,(H,29,33). The highest BCUT2D eigenvalue weighted by molar-refractivity contribution is 7.92. The van der Waals surface area contributed by atoms with E-state index in [4.69, 9.17) is 11.6 Å². The van der Waals surface area contributed by atoms with Crippen molar-refractivity contribution in [1.29, 1.82) is 0 Å². The quantitative estimate of drug-likeness (QED) is 0.484. The van der Waals surface area contributed by atoms with Gasteiger partial charge in [-0.15, -0.1) is 0 Å². The van der Waals surface area contributed by atoms with Gasteiger partial charge in [-0.1, -0.05) is 55.6 Å². The molecule has 9 heteroatoms. The molecule has 0 heterocycles. The Kier molecular flexibility index (Phi) is 9.41. The molecule has 0 aromatic heterocycles. The van der Waals surface area contributed by atoms with Crippen LogP contribution in [0.15, 0.2) is 42.5 Å². The summed E-state index contributed by atoms with van der Waals surface area (Å²) < 4.78 is 26.8. The number of anilines is 1. The molecule has 1 atom stereocenters. The van der Waals surface area contributed by atoms with Gasteiger partial charge in [0.1, 0.15) is 12.6 Å². The fraction of sp³-hybridized carbons (Fsp3) is 0.481. The smallest absolute Gasteiger partial charge is 0.244 e. The van der Waals surface area contributed by atoms with Crippen LogP contribution in [0.2, 0.25) is 5.02 Å². The Morgan fingerprint density at radius 2 is 1.72 bits per heavy atom. The molecule has 1 aliphatic carbocycles. The van der Waals surface area contributed by atoms with E-state index in [-0.39, 0.29) is 18.5 Å². The van der Waals surface area contributed by atoms with E-state index in [0.717, 1.165) is 52.9 Å². The Bertz CT molecular complexity index is 1180. The van der Waals surface area contributed by atoms with Crippen molar-refractivity contribution >= 4 is 39.1 Å². The number of rotatable bonds is 10. The lowest BCUT2D eigenvalue weighted by Crippen LogP contribution is -2.53. The van der Waals surface area contributed by atoms with Gasteiger partial charge in [0.05, 0.1) is 11.9 Å². The second kappa shape index (κ2) is 12.1. The monoisotopic (exact) mass is 533 g/mol. The zero-order valence-electron chi connectivity index (χ0n) is 21.5. The Hall–Kier alpha value is -2.58. The molecule has 2 aromatic carbocycles. The van der Waals surface area contributed by atoms with Gasteiger partial charge in [0.15, 0.2) is 0 Å². The number of nitrogens with zero attached hydrogens (tertiary/aromatic N) is 2. The largest absolute Gasteiger partial charge is 0.352 e. The minimum absolute atomic E-state index is 0.112. The molecule has 1 unspecified atom stereocenters. The number of carbonyl (C=O) groups excluding carboxylic acids is 2. The number of hydrogen-bond acceptors (Lipinski definition) is 4. The van der Waals surface area contributed by atoms with E-state index >= 15 is 0 Å². The molecule has 1 saturated carbocycles. The Morgan fingerprint density at radius 1 is 1.08 bits per heavy atom. The van der Waals surface area contributed by atoms with Gasteiger partial charge in [-0.05, 0) is 68.0 Å². The van der Waals surface area contributed by atoms with Crippen LogP contribution in [0.3, 0.4) is 0 Å². The molecule has 36 heavy (non-hydrogen) atoms. The number of sulfonamides is 1. The summed E-state index contributed by atoms with van der Waals surface area (Å²) in [6, 6.07) is 12.0. The van der Waals surface area contributed by atoms with Crippen molar-refractivity contribution in [3.8, 4) is 0 Å². The number of amides is 2. The van der Waals surface area contributed by atoms with E-state index < -0.39 is 28.5 Å². The van der Waals surface area contributed by atoms with E-state index in [1.807, 2.05) is 45.0 Å². The van der Waals surface area contributed by atoms with E-state index in [9.17, 15) is 18.0 Å². The maximum absolute atomic E-state index is 13.8. The molecule has 0 radical (unpaired) electrons. The third kappa shape index (κ3) is 7.23. The number of aryl methyl sites for hydroxylation is 2. The third-order valence-electron chi connectivity index (χ3n) is 6.67. The van der Waals surface area contributed by atoms with Crippen LogP contribution in [0.5, 0.6) is 0 Å². The summed E-state index contributed by atoms with van der Waals surface area (Å²) in [7, 11) is -3.77. The lowest BCUT2D eigenvalue weighted by atomic mass is 10.1. The van der Waals surface area contributed by atoms with Crippen LogP contribution >= 0.6 is 11.6 Å². The van der Waals surface area contributed by atoms with Gasteiger partial charge >= 0.3 is 0 Å². The average molecular weight is 534 g/mol. The number of halogens is 1. The molecule has 3 rings (SSSR count). The number of nitrogens with one attached hydrogen (secondary N) is 1. The molecule has 0 saturated heterocycles. The molecule has 1 N–H and O–H groups in total. The summed E-state index contributed by atoms with van der Waals surface area (Å²) in [5.74, 6) is -0.644. The highest BCUT2D eigenvalue weighted by Gasteiger charge is 2.33. The van der Waals surface area contributed by atoms with Gasteiger partial charge in [-0.25, -0.2) is 8.42 Å². The first-order chi connectivity index (χ1) is 17.0. The molecule has 0 spiro atoms. The van der Waals surface area contributed by atoms with Crippen molar-refractivity contribution in [3.63, 3.8) is 0 Å². The fourth-order valence-corrected chi connectivity index (χ4v) is 5.68. The summed E-state index contributed by atoms with van der Waals surface area (Å²) in [5, 5.41) is 3.68. The molecular weight excluding hydrogens is 498 g/mol. The van der Waals surface area contributed by atoms with Crippen molar-refractivity contribution in [3.05, 3.63) is 64.2 Å². The summed E-state index contributed by atoms with van der Waals surface area (Å²) in [6.45, 7) is 5.31. The molecular formula is C27H36ClN3O4S. The minimum atomic E-state index is -3.77. The van der Waals surface area contributed by atoms with Gasteiger partial charge in [-0.2, -0.15) is 0 Å².